The van der Waals surface area contributed by atoms with Crippen molar-refractivity contribution in [1.29, 1.82) is 0 Å². The Morgan fingerprint density at radius 2 is 1.62 bits per heavy atom. The molecular weight excluding hydrogens is 390 g/mol. The summed E-state index contributed by atoms with van der Waals surface area (Å²) < 4.78 is 2.25. The fraction of sp³-hybridized carbons (Fsp3) is 0. The van der Waals surface area contributed by atoms with Gasteiger partial charge >= 0.3 is 0 Å². The lowest BCUT2D eigenvalue weighted by molar-refractivity contribution is 0.481. The summed E-state index contributed by atoms with van der Waals surface area (Å²) in [7, 11) is 0. The molecule has 0 saturated carbocycles. The Hall–Kier alpha value is -0.0400. The van der Waals surface area contributed by atoms with Gasteiger partial charge in [0.1, 0.15) is 5.75 Å². The zero-order valence-electron chi connectivity index (χ0n) is 6.59. The van der Waals surface area contributed by atoms with Crippen LogP contribution in [0.25, 0.3) is 10.8 Å². The van der Waals surface area contributed by atoms with Gasteiger partial charge in [-0.1, -0.05) is 0 Å². The topological polar surface area (TPSA) is 20.2 Å². The van der Waals surface area contributed by atoms with Gasteiger partial charge in [0.25, 0.3) is 0 Å². The Labute approximate surface area is 103 Å². The maximum absolute atomic E-state index is 9.64. The Bertz CT molecular complexity index is 460. The molecule has 0 fully saturated rings. The molecule has 0 amide bonds. The van der Waals surface area contributed by atoms with E-state index in [1.807, 2.05) is 12.1 Å². The van der Waals surface area contributed by atoms with Gasteiger partial charge in [-0.15, -0.1) is 0 Å². The molecule has 0 unspecified atom stereocenters. The molecule has 2 aromatic rings. The van der Waals surface area contributed by atoms with E-state index in [9.17, 15) is 5.11 Å². The summed E-state index contributed by atoms with van der Waals surface area (Å²) in [6.45, 7) is 0. The number of hydrogen-bond acceptors (Lipinski definition) is 1. The van der Waals surface area contributed by atoms with E-state index in [1.54, 1.807) is 6.07 Å². The van der Waals surface area contributed by atoms with Crippen molar-refractivity contribution in [3.63, 3.8) is 0 Å². The molecule has 0 bridgehead atoms. The zero-order valence-corrected chi connectivity index (χ0v) is 10.9. The second-order valence-electron chi connectivity index (χ2n) is 2.79. The van der Waals surface area contributed by atoms with Crippen LogP contribution in [-0.4, -0.2) is 5.11 Å². The molecule has 0 aliphatic heterocycles. The van der Waals surface area contributed by atoms with Gasteiger partial charge in [0, 0.05) is 12.5 Å². The van der Waals surface area contributed by atoms with E-state index in [-0.39, 0.29) is 0 Å². The van der Waals surface area contributed by atoms with Crippen LogP contribution >= 0.6 is 45.2 Å². The first-order chi connectivity index (χ1) is 6.16. The Balaban J connectivity index is 2.86. The third-order valence-electron chi connectivity index (χ3n) is 1.86. The fourth-order valence-corrected chi connectivity index (χ4v) is 2.43. The van der Waals surface area contributed by atoms with E-state index in [1.165, 1.54) is 3.57 Å². The predicted octanol–water partition coefficient (Wildman–Crippen LogP) is 3.75. The van der Waals surface area contributed by atoms with Crippen molar-refractivity contribution in [2.24, 2.45) is 0 Å². The molecule has 2 rings (SSSR count). The number of rotatable bonds is 0. The molecule has 3 heteroatoms. The summed E-state index contributed by atoms with van der Waals surface area (Å²) in [5.74, 6) is 0.360. The van der Waals surface area contributed by atoms with Crippen LogP contribution in [0, 0.1) is 7.14 Å². The van der Waals surface area contributed by atoms with Crippen molar-refractivity contribution in [3.05, 3.63) is 37.5 Å². The number of aromatic hydroxyl groups is 1. The lowest BCUT2D eigenvalue weighted by atomic mass is 10.1. The standard InChI is InChI=1S/C10H6I2O/c11-7-1-2-9-6(3-7)4-8(12)5-10(9)13/h1-5,13H. The number of benzene rings is 2. The minimum Gasteiger partial charge on any atom is -0.507 e. The summed E-state index contributed by atoms with van der Waals surface area (Å²) in [6.07, 6.45) is 0. The highest BCUT2D eigenvalue weighted by Gasteiger charge is 2.01. The monoisotopic (exact) mass is 396 g/mol. The highest BCUT2D eigenvalue weighted by Crippen LogP contribution is 2.28. The van der Waals surface area contributed by atoms with Crippen LogP contribution in [0.3, 0.4) is 0 Å². The van der Waals surface area contributed by atoms with Crippen LogP contribution in [0.5, 0.6) is 5.75 Å². The molecule has 66 valence electrons. The maximum Gasteiger partial charge on any atom is 0.124 e. The van der Waals surface area contributed by atoms with Crippen LogP contribution < -0.4 is 0 Å². The lowest BCUT2D eigenvalue weighted by Crippen LogP contribution is -1.78. The molecular formula is C10H6I2O. The Kier molecular flexibility index (Phi) is 2.64. The summed E-state index contributed by atoms with van der Waals surface area (Å²) in [6, 6.07) is 9.85. The molecule has 1 N–H and O–H groups in total. The second-order valence-corrected chi connectivity index (χ2v) is 5.28. The Morgan fingerprint density at radius 3 is 2.38 bits per heavy atom. The zero-order chi connectivity index (χ0) is 9.42. The number of halogens is 2. The molecule has 2 aromatic carbocycles. The average molecular weight is 396 g/mol. The Morgan fingerprint density at radius 1 is 0.923 bits per heavy atom. The molecule has 0 aromatic heterocycles. The highest BCUT2D eigenvalue weighted by molar-refractivity contribution is 14.1. The van der Waals surface area contributed by atoms with Crippen LogP contribution in [0.4, 0.5) is 0 Å². The number of hydrogen-bond donors (Lipinski definition) is 1. The first-order valence-electron chi connectivity index (χ1n) is 3.74. The van der Waals surface area contributed by atoms with Crippen LogP contribution in [-0.2, 0) is 0 Å². The van der Waals surface area contributed by atoms with Crippen LogP contribution in [0.15, 0.2) is 30.3 Å². The first-order valence-corrected chi connectivity index (χ1v) is 5.90. The highest BCUT2D eigenvalue weighted by atomic mass is 127. The van der Waals surface area contributed by atoms with E-state index in [0.29, 0.717) is 5.75 Å². The van der Waals surface area contributed by atoms with E-state index < -0.39 is 0 Å². The molecule has 0 aliphatic carbocycles. The van der Waals surface area contributed by atoms with Crippen LogP contribution in [0.1, 0.15) is 0 Å². The molecule has 0 aliphatic rings. The van der Waals surface area contributed by atoms with Crippen molar-refractivity contribution in [3.8, 4) is 5.75 Å². The van der Waals surface area contributed by atoms with Crippen molar-refractivity contribution < 1.29 is 5.11 Å². The number of phenolic OH excluding ortho intramolecular Hbond substituents is 1. The molecule has 13 heavy (non-hydrogen) atoms. The summed E-state index contributed by atoms with van der Waals surface area (Å²) in [4.78, 5) is 0. The molecule has 0 atom stereocenters. The third kappa shape index (κ3) is 1.90. The fourth-order valence-electron chi connectivity index (χ4n) is 1.28. The average Bonchev–Trinajstić information content (AvgIpc) is 2.02. The quantitative estimate of drug-likeness (QED) is 0.673. The van der Waals surface area contributed by atoms with Gasteiger partial charge in [-0.25, -0.2) is 0 Å². The van der Waals surface area contributed by atoms with E-state index in [2.05, 4.69) is 57.3 Å². The van der Waals surface area contributed by atoms with Crippen molar-refractivity contribution >= 4 is 56.0 Å². The minimum absolute atomic E-state index is 0.360. The van der Waals surface area contributed by atoms with Gasteiger partial charge in [-0.05, 0) is 80.9 Å². The van der Waals surface area contributed by atoms with Crippen molar-refractivity contribution in [1.82, 2.24) is 0 Å². The van der Waals surface area contributed by atoms with Crippen LogP contribution in [0.2, 0.25) is 0 Å². The van der Waals surface area contributed by atoms with Crippen molar-refractivity contribution in [2.75, 3.05) is 0 Å². The van der Waals surface area contributed by atoms with Gasteiger partial charge in [0.05, 0.1) is 0 Å². The largest absolute Gasteiger partial charge is 0.507 e. The normalized spacial score (nSPS) is 10.6. The maximum atomic E-state index is 9.64. The van der Waals surface area contributed by atoms with Gasteiger partial charge in [-0.3, -0.25) is 0 Å². The SMILES string of the molecule is Oc1cc(I)cc2cc(I)ccc12. The molecule has 0 spiro atoms. The molecule has 1 nitrogen and oxygen atoms in total. The first kappa shape index (κ1) is 9.51. The number of phenols is 1. The number of fused-ring (bicyclic) bond motifs is 1. The van der Waals surface area contributed by atoms with Gasteiger partial charge < -0.3 is 5.11 Å². The molecule has 0 radical (unpaired) electrons. The van der Waals surface area contributed by atoms with E-state index in [4.69, 9.17) is 0 Å². The van der Waals surface area contributed by atoms with Gasteiger partial charge in [0.15, 0.2) is 0 Å². The smallest absolute Gasteiger partial charge is 0.124 e. The van der Waals surface area contributed by atoms with Crippen molar-refractivity contribution in [2.45, 2.75) is 0 Å². The lowest BCUT2D eigenvalue weighted by Gasteiger charge is -2.02. The summed E-state index contributed by atoms with van der Waals surface area (Å²) in [5.41, 5.74) is 0. The van der Waals surface area contributed by atoms with Gasteiger partial charge in [-0.2, -0.15) is 0 Å². The molecule has 0 heterocycles. The predicted molar refractivity (Wildman–Crippen MR) is 71.0 cm³/mol. The third-order valence-corrected chi connectivity index (χ3v) is 3.15. The van der Waals surface area contributed by atoms with E-state index >= 15 is 0 Å². The summed E-state index contributed by atoms with van der Waals surface area (Å²) >= 11 is 4.47. The second kappa shape index (κ2) is 3.61. The minimum atomic E-state index is 0.360. The summed E-state index contributed by atoms with van der Waals surface area (Å²) in [5, 5.41) is 11.6. The van der Waals surface area contributed by atoms with Gasteiger partial charge in [0.2, 0.25) is 0 Å². The molecule has 0 saturated heterocycles. The van der Waals surface area contributed by atoms with E-state index in [0.717, 1.165) is 14.3 Å².